The van der Waals surface area contributed by atoms with Crippen molar-refractivity contribution in [3.05, 3.63) is 6.33 Å². The Bertz CT molecular complexity index is 478. The third-order valence-corrected chi connectivity index (χ3v) is 4.25. The fraction of sp³-hybridized carbons (Fsp3) is 0.714. The van der Waals surface area contributed by atoms with Crippen LogP contribution in [0.1, 0.15) is 6.42 Å². The normalized spacial score (nSPS) is 23.3. The van der Waals surface area contributed by atoms with Crippen molar-refractivity contribution < 1.29 is 9.47 Å². The smallest absolute Gasteiger partial charge is 0.204 e. The van der Waals surface area contributed by atoms with Gasteiger partial charge in [0.2, 0.25) is 5.75 Å². The number of hydrogen-bond acceptors (Lipinski definition) is 7. The lowest BCUT2D eigenvalue weighted by Gasteiger charge is -2.32. The highest BCUT2D eigenvalue weighted by molar-refractivity contribution is 5.64. The summed E-state index contributed by atoms with van der Waals surface area (Å²) in [6.07, 6.45) is 2.74. The van der Waals surface area contributed by atoms with E-state index in [-0.39, 0.29) is 0 Å². The van der Waals surface area contributed by atoms with Crippen molar-refractivity contribution in [1.82, 2.24) is 14.9 Å². The van der Waals surface area contributed by atoms with Gasteiger partial charge in [-0.25, -0.2) is 9.97 Å². The van der Waals surface area contributed by atoms with Gasteiger partial charge in [-0.3, -0.25) is 4.90 Å². The van der Waals surface area contributed by atoms with E-state index in [0.717, 1.165) is 63.2 Å². The van der Waals surface area contributed by atoms with E-state index in [1.807, 2.05) is 7.05 Å². The Morgan fingerprint density at radius 3 is 2.81 bits per heavy atom. The van der Waals surface area contributed by atoms with Gasteiger partial charge in [-0.2, -0.15) is 0 Å². The van der Waals surface area contributed by atoms with Gasteiger partial charge in [0.1, 0.15) is 6.33 Å². The van der Waals surface area contributed by atoms with Crippen molar-refractivity contribution >= 4 is 11.6 Å². The third-order valence-electron chi connectivity index (χ3n) is 4.25. The largest absolute Gasteiger partial charge is 0.490 e. The molecule has 0 aromatic carbocycles. The number of hydrogen-bond donors (Lipinski definition) is 1. The molecule has 0 bridgehead atoms. The number of morpholine rings is 1. The zero-order chi connectivity index (χ0) is 14.7. The minimum atomic E-state index is 0.576. The summed E-state index contributed by atoms with van der Waals surface area (Å²) in [6.45, 7) is 5.73. The first-order chi connectivity index (χ1) is 10.3. The average molecular weight is 293 g/mol. The molecule has 1 aromatic heterocycles. The molecular formula is C14H23N5O2. The number of nitrogens with one attached hydrogen (secondary N) is 1. The van der Waals surface area contributed by atoms with Gasteiger partial charge >= 0.3 is 0 Å². The van der Waals surface area contributed by atoms with E-state index in [1.165, 1.54) is 0 Å². The first-order valence-electron chi connectivity index (χ1n) is 7.47. The lowest BCUT2D eigenvalue weighted by Crippen LogP contribution is -2.44. The van der Waals surface area contributed by atoms with Crippen LogP contribution >= 0.6 is 0 Å². The van der Waals surface area contributed by atoms with E-state index < -0.39 is 0 Å². The SMILES string of the molecule is CNc1ncnc(N2CCC(N3CCOCC3)C2)c1OC. The predicted molar refractivity (Wildman–Crippen MR) is 81.1 cm³/mol. The Balaban J connectivity index is 1.73. The fourth-order valence-electron chi connectivity index (χ4n) is 3.13. The number of ether oxygens (including phenoxy) is 2. The van der Waals surface area contributed by atoms with Gasteiger partial charge in [0.25, 0.3) is 0 Å². The Morgan fingerprint density at radius 1 is 1.29 bits per heavy atom. The first-order valence-corrected chi connectivity index (χ1v) is 7.47. The molecular weight excluding hydrogens is 270 g/mol. The van der Waals surface area contributed by atoms with E-state index in [1.54, 1.807) is 13.4 Å². The van der Waals surface area contributed by atoms with E-state index >= 15 is 0 Å². The number of anilines is 2. The van der Waals surface area contributed by atoms with Crippen LogP contribution in [-0.4, -0.2) is 74.5 Å². The molecule has 2 aliphatic rings. The number of aromatic nitrogens is 2. The molecule has 3 rings (SSSR count). The summed E-state index contributed by atoms with van der Waals surface area (Å²) in [5, 5.41) is 3.06. The first kappa shape index (κ1) is 14.3. The van der Waals surface area contributed by atoms with Crippen LogP contribution in [0.4, 0.5) is 11.6 Å². The Kier molecular flexibility index (Phi) is 4.40. The van der Waals surface area contributed by atoms with Crippen molar-refractivity contribution in [2.75, 3.05) is 63.8 Å². The van der Waals surface area contributed by atoms with E-state index in [0.29, 0.717) is 6.04 Å². The molecule has 21 heavy (non-hydrogen) atoms. The lowest BCUT2D eigenvalue weighted by molar-refractivity contribution is 0.0209. The maximum Gasteiger partial charge on any atom is 0.204 e. The van der Waals surface area contributed by atoms with Gasteiger partial charge in [0, 0.05) is 39.3 Å². The summed E-state index contributed by atoms with van der Waals surface area (Å²) in [5.41, 5.74) is 0. The predicted octanol–water partition coefficient (Wildman–Crippen LogP) is 0.438. The van der Waals surface area contributed by atoms with Crippen molar-refractivity contribution in [1.29, 1.82) is 0 Å². The zero-order valence-electron chi connectivity index (χ0n) is 12.7. The van der Waals surface area contributed by atoms with Gasteiger partial charge in [-0.05, 0) is 6.42 Å². The molecule has 7 nitrogen and oxygen atoms in total. The molecule has 3 heterocycles. The molecule has 1 atom stereocenters. The number of nitrogens with zero attached hydrogens (tertiary/aromatic N) is 4. The van der Waals surface area contributed by atoms with Crippen LogP contribution in [0.3, 0.4) is 0 Å². The van der Waals surface area contributed by atoms with Gasteiger partial charge in [-0.1, -0.05) is 0 Å². The summed E-state index contributed by atoms with van der Waals surface area (Å²) in [7, 11) is 3.51. The van der Waals surface area contributed by atoms with E-state index in [4.69, 9.17) is 9.47 Å². The Morgan fingerprint density at radius 2 is 2.10 bits per heavy atom. The van der Waals surface area contributed by atoms with Crippen LogP contribution in [-0.2, 0) is 4.74 Å². The van der Waals surface area contributed by atoms with E-state index in [2.05, 4.69) is 25.1 Å². The molecule has 0 radical (unpaired) electrons. The molecule has 0 spiro atoms. The molecule has 1 aromatic rings. The van der Waals surface area contributed by atoms with Crippen molar-refractivity contribution in [3.63, 3.8) is 0 Å². The van der Waals surface area contributed by atoms with Crippen molar-refractivity contribution in [3.8, 4) is 5.75 Å². The lowest BCUT2D eigenvalue weighted by atomic mass is 10.2. The van der Waals surface area contributed by atoms with Crippen LogP contribution in [0.5, 0.6) is 5.75 Å². The topological polar surface area (TPSA) is 62.8 Å². The average Bonchev–Trinajstić information content (AvgIpc) is 3.04. The second-order valence-corrected chi connectivity index (χ2v) is 5.37. The van der Waals surface area contributed by atoms with Gasteiger partial charge in [0.05, 0.1) is 20.3 Å². The van der Waals surface area contributed by atoms with Crippen LogP contribution < -0.4 is 15.0 Å². The Hall–Kier alpha value is -1.60. The number of methoxy groups -OCH3 is 1. The molecule has 2 saturated heterocycles. The monoisotopic (exact) mass is 293 g/mol. The highest BCUT2D eigenvalue weighted by Crippen LogP contribution is 2.34. The summed E-state index contributed by atoms with van der Waals surface area (Å²) in [4.78, 5) is 13.5. The molecule has 1 unspecified atom stereocenters. The molecule has 0 saturated carbocycles. The minimum Gasteiger partial charge on any atom is -0.490 e. The van der Waals surface area contributed by atoms with Crippen LogP contribution in [0.2, 0.25) is 0 Å². The van der Waals surface area contributed by atoms with Crippen molar-refractivity contribution in [2.24, 2.45) is 0 Å². The van der Waals surface area contributed by atoms with Gasteiger partial charge in [-0.15, -0.1) is 0 Å². The molecule has 7 heteroatoms. The van der Waals surface area contributed by atoms with Crippen LogP contribution in [0.25, 0.3) is 0 Å². The molecule has 1 N–H and O–H groups in total. The van der Waals surface area contributed by atoms with E-state index in [9.17, 15) is 0 Å². The van der Waals surface area contributed by atoms with Crippen LogP contribution in [0.15, 0.2) is 6.33 Å². The van der Waals surface area contributed by atoms with Crippen molar-refractivity contribution in [2.45, 2.75) is 12.5 Å². The fourth-order valence-corrected chi connectivity index (χ4v) is 3.13. The standard InChI is InChI=1S/C14H23N5O2/c1-15-13-12(20-2)14(17-10-16-13)19-4-3-11(9-19)18-5-7-21-8-6-18/h10-11H,3-9H2,1-2H3,(H,15,16,17). The second kappa shape index (κ2) is 6.44. The zero-order valence-corrected chi connectivity index (χ0v) is 12.7. The highest BCUT2D eigenvalue weighted by Gasteiger charge is 2.31. The molecule has 116 valence electrons. The summed E-state index contributed by atoms with van der Waals surface area (Å²) >= 11 is 0. The third kappa shape index (κ3) is 2.89. The van der Waals surface area contributed by atoms with Gasteiger partial charge in [0.15, 0.2) is 11.6 Å². The maximum absolute atomic E-state index is 5.50. The maximum atomic E-state index is 5.50. The van der Waals surface area contributed by atoms with Gasteiger partial charge < -0.3 is 19.7 Å². The molecule has 0 amide bonds. The molecule has 2 fully saturated rings. The Labute approximate surface area is 125 Å². The summed E-state index contributed by atoms with van der Waals surface area (Å²) < 4.78 is 10.9. The quantitative estimate of drug-likeness (QED) is 0.864. The summed E-state index contributed by atoms with van der Waals surface area (Å²) in [6, 6.07) is 0.576. The summed E-state index contributed by atoms with van der Waals surface area (Å²) in [5.74, 6) is 2.34. The van der Waals surface area contributed by atoms with Crippen LogP contribution in [0, 0.1) is 0 Å². The highest BCUT2D eigenvalue weighted by atomic mass is 16.5. The second-order valence-electron chi connectivity index (χ2n) is 5.37. The number of rotatable bonds is 4. The molecule has 2 aliphatic heterocycles. The molecule has 0 aliphatic carbocycles. The minimum absolute atomic E-state index is 0.576.